The number of amides is 2. The topological polar surface area (TPSA) is 59.0 Å². The zero-order valence-corrected chi connectivity index (χ0v) is 9.55. The zero-order valence-electron chi connectivity index (χ0n) is 9.55. The minimum Gasteiger partial charge on any atom is -0.341 e. The van der Waals surface area contributed by atoms with E-state index in [1.807, 2.05) is 36.5 Å². The number of carbonyl (C=O) groups is 1. The number of carbonyl (C=O) groups excluding carboxylic acids is 1. The third kappa shape index (κ3) is 2.84. The van der Waals surface area contributed by atoms with E-state index in [2.05, 4.69) is 15.7 Å². The average molecular weight is 230 g/mol. The molecule has 2 aromatic rings. The van der Waals surface area contributed by atoms with E-state index in [-0.39, 0.29) is 6.03 Å². The molecule has 2 rings (SSSR count). The monoisotopic (exact) mass is 230 g/mol. The van der Waals surface area contributed by atoms with Crippen molar-refractivity contribution in [3.8, 4) is 5.69 Å². The summed E-state index contributed by atoms with van der Waals surface area (Å²) in [7, 11) is 1.59. The number of hydrogen-bond acceptors (Lipinski definition) is 2. The maximum atomic E-state index is 11.0. The maximum Gasteiger partial charge on any atom is 0.314 e. The van der Waals surface area contributed by atoms with Crippen molar-refractivity contribution in [2.45, 2.75) is 6.54 Å². The standard InChI is InChI=1S/C12H14N4O/c1-13-12(17)14-9-10-3-5-11(6-4-10)16-8-2-7-15-16/h2-8H,9H2,1H3,(H2,13,14,17). The molecule has 0 radical (unpaired) electrons. The van der Waals surface area contributed by atoms with Gasteiger partial charge in [-0.1, -0.05) is 12.1 Å². The van der Waals surface area contributed by atoms with E-state index in [0.717, 1.165) is 11.3 Å². The molecule has 5 nitrogen and oxygen atoms in total. The lowest BCUT2D eigenvalue weighted by Gasteiger charge is -2.06. The fourth-order valence-electron chi connectivity index (χ4n) is 1.46. The minimum absolute atomic E-state index is 0.179. The quantitative estimate of drug-likeness (QED) is 0.835. The van der Waals surface area contributed by atoms with Crippen LogP contribution in [0.5, 0.6) is 0 Å². The van der Waals surface area contributed by atoms with E-state index in [0.29, 0.717) is 6.54 Å². The molecule has 2 N–H and O–H groups in total. The van der Waals surface area contributed by atoms with E-state index in [4.69, 9.17) is 0 Å². The fraction of sp³-hybridized carbons (Fsp3) is 0.167. The van der Waals surface area contributed by atoms with Gasteiger partial charge < -0.3 is 10.6 Å². The Kier molecular flexibility index (Phi) is 3.40. The van der Waals surface area contributed by atoms with Crippen molar-refractivity contribution in [2.24, 2.45) is 0 Å². The third-order valence-electron chi connectivity index (χ3n) is 2.39. The Morgan fingerprint density at radius 3 is 2.71 bits per heavy atom. The van der Waals surface area contributed by atoms with Gasteiger partial charge in [-0.2, -0.15) is 5.10 Å². The highest BCUT2D eigenvalue weighted by Crippen LogP contribution is 2.08. The number of hydrogen-bond donors (Lipinski definition) is 2. The first-order valence-electron chi connectivity index (χ1n) is 5.34. The van der Waals surface area contributed by atoms with Gasteiger partial charge in [0.25, 0.3) is 0 Å². The van der Waals surface area contributed by atoms with Gasteiger partial charge in [0.2, 0.25) is 0 Å². The summed E-state index contributed by atoms with van der Waals surface area (Å²) in [6.07, 6.45) is 3.62. The normalized spacial score (nSPS) is 9.94. The molecule has 0 saturated carbocycles. The van der Waals surface area contributed by atoms with E-state index >= 15 is 0 Å². The van der Waals surface area contributed by atoms with Crippen molar-refractivity contribution in [1.29, 1.82) is 0 Å². The molecule has 88 valence electrons. The molecule has 0 aliphatic heterocycles. The number of urea groups is 1. The van der Waals surface area contributed by atoms with Crippen molar-refractivity contribution in [3.05, 3.63) is 48.3 Å². The highest BCUT2D eigenvalue weighted by Gasteiger charge is 1.99. The molecule has 0 aliphatic carbocycles. The summed E-state index contributed by atoms with van der Waals surface area (Å²) in [5, 5.41) is 9.38. The van der Waals surface area contributed by atoms with Crippen LogP contribution in [0.25, 0.3) is 5.69 Å². The summed E-state index contributed by atoms with van der Waals surface area (Å²) < 4.78 is 1.79. The van der Waals surface area contributed by atoms with Gasteiger partial charge in [0.1, 0.15) is 0 Å². The molecule has 1 heterocycles. The Morgan fingerprint density at radius 1 is 1.35 bits per heavy atom. The average Bonchev–Trinajstić information content (AvgIpc) is 2.90. The van der Waals surface area contributed by atoms with Crippen molar-refractivity contribution in [1.82, 2.24) is 20.4 Å². The molecule has 0 unspecified atom stereocenters. The molecule has 0 fully saturated rings. The van der Waals surface area contributed by atoms with E-state index < -0.39 is 0 Å². The summed E-state index contributed by atoms with van der Waals surface area (Å²) >= 11 is 0. The van der Waals surface area contributed by atoms with Gasteiger partial charge in [-0.05, 0) is 23.8 Å². The second kappa shape index (κ2) is 5.16. The molecule has 0 saturated heterocycles. The minimum atomic E-state index is -0.179. The fourth-order valence-corrected chi connectivity index (χ4v) is 1.46. The molecule has 1 aromatic heterocycles. The van der Waals surface area contributed by atoms with Crippen LogP contribution in [-0.4, -0.2) is 22.9 Å². The van der Waals surface area contributed by atoms with Crippen molar-refractivity contribution in [2.75, 3.05) is 7.05 Å². The summed E-state index contributed by atoms with van der Waals surface area (Å²) in [4.78, 5) is 11.0. The van der Waals surface area contributed by atoms with Gasteiger partial charge in [-0.3, -0.25) is 0 Å². The van der Waals surface area contributed by atoms with Crippen LogP contribution in [0.4, 0.5) is 4.79 Å². The van der Waals surface area contributed by atoms with Crippen LogP contribution < -0.4 is 10.6 Å². The van der Waals surface area contributed by atoms with Gasteiger partial charge in [0.15, 0.2) is 0 Å². The van der Waals surface area contributed by atoms with Crippen molar-refractivity contribution >= 4 is 6.03 Å². The predicted molar refractivity (Wildman–Crippen MR) is 64.9 cm³/mol. The first-order valence-corrected chi connectivity index (χ1v) is 5.34. The SMILES string of the molecule is CNC(=O)NCc1ccc(-n2cccn2)cc1. The molecular weight excluding hydrogens is 216 g/mol. The van der Waals surface area contributed by atoms with Gasteiger partial charge in [0.05, 0.1) is 5.69 Å². The summed E-state index contributed by atoms with van der Waals surface area (Å²) in [5.41, 5.74) is 2.04. The second-order valence-corrected chi connectivity index (χ2v) is 3.55. The van der Waals surface area contributed by atoms with Gasteiger partial charge in [0, 0.05) is 26.0 Å². The lowest BCUT2D eigenvalue weighted by molar-refractivity contribution is 0.242. The number of nitrogens with one attached hydrogen (secondary N) is 2. The molecule has 1 aromatic carbocycles. The molecule has 0 atom stereocenters. The first kappa shape index (κ1) is 11.2. The Morgan fingerprint density at radius 2 is 2.12 bits per heavy atom. The zero-order chi connectivity index (χ0) is 12.1. The van der Waals surface area contributed by atoms with E-state index in [1.54, 1.807) is 17.9 Å². The highest BCUT2D eigenvalue weighted by atomic mass is 16.2. The third-order valence-corrected chi connectivity index (χ3v) is 2.39. The van der Waals surface area contributed by atoms with Gasteiger partial charge in [-0.15, -0.1) is 0 Å². The molecule has 0 bridgehead atoms. The summed E-state index contributed by atoms with van der Waals surface area (Å²) in [5.74, 6) is 0. The van der Waals surface area contributed by atoms with Gasteiger partial charge >= 0.3 is 6.03 Å². The van der Waals surface area contributed by atoms with E-state index in [1.165, 1.54) is 0 Å². The Bertz CT molecular complexity index is 476. The summed E-state index contributed by atoms with van der Waals surface area (Å²) in [6.45, 7) is 0.513. The predicted octanol–water partition coefficient (Wildman–Crippen LogP) is 1.30. The smallest absolute Gasteiger partial charge is 0.314 e. The van der Waals surface area contributed by atoms with Crippen LogP contribution in [-0.2, 0) is 6.54 Å². The van der Waals surface area contributed by atoms with E-state index in [9.17, 15) is 4.79 Å². The Hall–Kier alpha value is -2.30. The van der Waals surface area contributed by atoms with Crippen LogP contribution in [0.2, 0.25) is 0 Å². The molecule has 0 spiro atoms. The Labute approximate surface area is 99.5 Å². The van der Waals surface area contributed by atoms with Crippen molar-refractivity contribution < 1.29 is 4.79 Å². The highest BCUT2D eigenvalue weighted by molar-refractivity contribution is 5.73. The first-order chi connectivity index (χ1) is 8.29. The van der Waals surface area contributed by atoms with Gasteiger partial charge in [-0.25, -0.2) is 9.48 Å². The number of nitrogens with zero attached hydrogens (tertiary/aromatic N) is 2. The maximum absolute atomic E-state index is 11.0. The van der Waals surface area contributed by atoms with Crippen molar-refractivity contribution in [3.63, 3.8) is 0 Å². The number of aromatic nitrogens is 2. The van der Waals surface area contributed by atoms with Crippen LogP contribution in [0, 0.1) is 0 Å². The van der Waals surface area contributed by atoms with Crippen LogP contribution in [0.1, 0.15) is 5.56 Å². The second-order valence-electron chi connectivity index (χ2n) is 3.55. The number of benzene rings is 1. The molecular formula is C12H14N4O. The molecule has 2 amide bonds. The Balaban J connectivity index is 2.01. The molecule has 17 heavy (non-hydrogen) atoms. The molecule has 5 heteroatoms. The van der Waals surface area contributed by atoms with Crippen LogP contribution in [0.3, 0.4) is 0 Å². The van der Waals surface area contributed by atoms with Crippen LogP contribution >= 0.6 is 0 Å². The number of rotatable bonds is 3. The largest absolute Gasteiger partial charge is 0.341 e. The molecule has 0 aliphatic rings. The lowest BCUT2D eigenvalue weighted by atomic mass is 10.2. The summed E-state index contributed by atoms with van der Waals surface area (Å²) in [6, 6.07) is 9.56. The van der Waals surface area contributed by atoms with Crippen LogP contribution in [0.15, 0.2) is 42.7 Å². The lowest BCUT2D eigenvalue weighted by Crippen LogP contribution is -2.32.